The first kappa shape index (κ1) is 17.9. The molecular weight excluding hydrogens is 358 g/mol. The molecule has 1 saturated heterocycles. The van der Waals surface area contributed by atoms with E-state index in [-0.39, 0.29) is 5.75 Å². The maximum Gasteiger partial charge on any atom is 0.218 e. The van der Waals surface area contributed by atoms with Gasteiger partial charge in [0.05, 0.1) is 11.3 Å². The third-order valence-electron chi connectivity index (χ3n) is 5.04. The van der Waals surface area contributed by atoms with Gasteiger partial charge in [-0.15, -0.1) is 0 Å². The van der Waals surface area contributed by atoms with Crippen molar-refractivity contribution in [1.82, 2.24) is 9.29 Å². The summed E-state index contributed by atoms with van der Waals surface area (Å²) in [7, 11) is -3.30. The average molecular weight is 382 g/mol. The molecule has 0 bridgehead atoms. The van der Waals surface area contributed by atoms with E-state index in [1.165, 1.54) is 5.56 Å². The molecule has 0 aliphatic carbocycles. The van der Waals surface area contributed by atoms with Crippen LogP contribution in [0.4, 0.5) is 5.69 Å². The van der Waals surface area contributed by atoms with Crippen molar-refractivity contribution in [3.8, 4) is 0 Å². The lowest BCUT2D eigenvalue weighted by molar-refractivity contribution is 0.384. The van der Waals surface area contributed by atoms with Crippen LogP contribution in [0.1, 0.15) is 11.1 Å². The molecule has 4 rings (SSSR count). The summed E-state index contributed by atoms with van der Waals surface area (Å²) in [4.78, 5) is 6.71. The Kier molecular flexibility index (Phi) is 4.85. The molecule has 1 aromatic heterocycles. The molecule has 5 nitrogen and oxygen atoms in total. The van der Waals surface area contributed by atoms with Crippen LogP contribution in [-0.4, -0.2) is 43.9 Å². The lowest BCUT2D eigenvalue weighted by Crippen LogP contribution is -2.49. The highest BCUT2D eigenvalue weighted by atomic mass is 32.2. The normalized spacial score (nSPS) is 16.0. The van der Waals surface area contributed by atoms with Crippen LogP contribution in [0.2, 0.25) is 0 Å². The molecule has 3 aromatic rings. The molecular formula is C21H23N3O2S. The van der Waals surface area contributed by atoms with Crippen molar-refractivity contribution in [2.75, 3.05) is 31.1 Å². The van der Waals surface area contributed by atoms with E-state index in [0.29, 0.717) is 26.2 Å². The van der Waals surface area contributed by atoms with Crippen LogP contribution in [-0.2, 0) is 15.8 Å². The molecule has 0 N–H and O–H groups in total. The number of aromatic nitrogens is 1. The molecule has 2 aromatic carbocycles. The maximum atomic E-state index is 12.8. The fraction of sp³-hybridized carbons (Fsp3) is 0.286. The molecule has 0 radical (unpaired) electrons. The number of nitrogens with zero attached hydrogens (tertiary/aromatic N) is 3. The molecule has 6 heteroatoms. The van der Waals surface area contributed by atoms with Gasteiger partial charge in [-0.2, -0.15) is 4.31 Å². The number of benzene rings is 2. The summed E-state index contributed by atoms with van der Waals surface area (Å²) in [6.07, 6.45) is 1.82. The Morgan fingerprint density at radius 3 is 2.44 bits per heavy atom. The van der Waals surface area contributed by atoms with Crippen molar-refractivity contribution >= 4 is 26.6 Å². The first-order valence-corrected chi connectivity index (χ1v) is 10.8. The summed E-state index contributed by atoms with van der Waals surface area (Å²) >= 11 is 0. The highest BCUT2D eigenvalue weighted by Crippen LogP contribution is 2.27. The van der Waals surface area contributed by atoms with Crippen LogP contribution in [0.15, 0.2) is 60.8 Å². The molecule has 1 aliphatic rings. The number of hydrogen-bond donors (Lipinski definition) is 0. The summed E-state index contributed by atoms with van der Waals surface area (Å²) < 4.78 is 27.1. The molecule has 0 saturated carbocycles. The quantitative estimate of drug-likeness (QED) is 0.696. The summed E-state index contributed by atoms with van der Waals surface area (Å²) in [5.41, 5.74) is 4.12. The van der Waals surface area contributed by atoms with Crippen molar-refractivity contribution in [2.24, 2.45) is 0 Å². The Labute approximate surface area is 160 Å². The minimum atomic E-state index is -3.30. The molecule has 0 atom stereocenters. The molecule has 0 unspecified atom stereocenters. The van der Waals surface area contributed by atoms with Gasteiger partial charge in [0.1, 0.15) is 0 Å². The molecule has 1 aliphatic heterocycles. The van der Waals surface area contributed by atoms with E-state index in [0.717, 1.165) is 22.2 Å². The predicted octanol–water partition coefficient (Wildman–Crippen LogP) is 3.20. The van der Waals surface area contributed by atoms with Gasteiger partial charge in [0.2, 0.25) is 10.0 Å². The minimum Gasteiger partial charge on any atom is -0.368 e. The summed E-state index contributed by atoms with van der Waals surface area (Å²) in [5, 5.41) is 1.12. The number of aryl methyl sites for hydroxylation is 1. The number of piperazine rings is 1. The van der Waals surface area contributed by atoms with Crippen LogP contribution < -0.4 is 4.90 Å². The van der Waals surface area contributed by atoms with Gasteiger partial charge < -0.3 is 4.90 Å². The average Bonchev–Trinajstić information content (AvgIpc) is 2.68. The number of anilines is 1. The smallest absolute Gasteiger partial charge is 0.218 e. The van der Waals surface area contributed by atoms with Crippen LogP contribution in [0.5, 0.6) is 0 Å². The second kappa shape index (κ2) is 7.29. The third-order valence-corrected chi connectivity index (χ3v) is 6.89. The monoisotopic (exact) mass is 381 g/mol. The zero-order valence-corrected chi connectivity index (χ0v) is 16.2. The summed E-state index contributed by atoms with van der Waals surface area (Å²) in [5.74, 6) is 0.0607. The Morgan fingerprint density at radius 2 is 1.70 bits per heavy atom. The van der Waals surface area contributed by atoms with Crippen LogP contribution >= 0.6 is 0 Å². The highest BCUT2D eigenvalue weighted by Gasteiger charge is 2.27. The van der Waals surface area contributed by atoms with E-state index in [1.54, 1.807) is 4.31 Å². The van der Waals surface area contributed by atoms with E-state index in [9.17, 15) is 8.42 Å². The second-order valence-corrected chi connectivity index (χ2v) is 8.95. The van der Waals surface area contributed by atoms with Crippen molar-refractivity contribution in [3.63, 3.8) is 0 Å². The molecule has 0 spiro atoms. The SMILES string of the molecule is Cc1ccc2nccc(N3CCN(S(=O)(=O)Cc4ccccc4)CC3)c2c1. The van der Waals surface area contributed by atoms with Gasteiger partial charge in [0.25, 0.3) is 0 Å². The zero-order chi connectivity index (χ0) is 18.9. The highest BCUT2D eigenvalue weighted by molar-refractivity contribution is 7.88. The first-order valence-electron chi connectivity index (χ1n) is 9.15. The van der Waals surface area contributed by atoms with Gasteiger partial charge in [0.15, 0.2) is 0 Å². The van der Waals surface area contributed by atoms with E-state index < -0.39 is 10.0 Å². The molecule has 1 fully saturated rings. The topological polar surface area (TPSA) is 53.5 Å². The molecule has 27 heavy (non-hydrogen) atoms. The van der Waals surface area contributed by atoms with Crippen LogP contribution in [0.25, 0.3) is 10.9 Å². The van der Waals surface area contributed by atoms with Gasteiger partial charge >= 0.3 is 0 Å². The Bertz CT molecular complexity index is 1040. The second-order valence-electron chi connectivity index (χ2n) is 6.98. The van der Waals surface area contributed by atoms with Gasteiger partial charge in [0, 0.05) is 43.4 Å². The first-order chi connectivity index (χ1) is 13.0. The van der Waals surface area contributed by atoms with Crippen LogP contribution in [0, 0.1) is 6.92 Å². The van der Waals surface area contributed by atoms with E-state index in [1.807, 2.05) is 48.7 Å². The van der Waals surface area contributed by atoms with Crippen molar-refractivity contribution in [2.45, 2.75) is 12.7 Å². The Balaban J connectivity index is 1.50. The van der Waals surface area contributed by atoms with Crippen LogP contribution in [0.3, 0.4) is 0 Å². The van der Waals surface area contributed by atoms with Crippen molar-refractivity contribution < 1.29 is 8.42 Å². The number of sulfonamides is 1. The van der Waals surface area contributed by atoms with E-state index >= 15 is 0 Å². The fourth-order valence-electron chi connectivity index (χ4n) is 3.60. The lowest BCUT2D eigenvalue weighted by Gasteiger charge is -2.36. The van der Waals surface area contributed by atoms with Gasteiger partial charge in [-0.1, -0.05) is 42.0 Å². The van der Waals surface area contributed by atoms with Gasteiger partial charge in [-0.05, 0) is 30.7 Å². The van der Waals surface area contributed by atoms with Gasteiger partial charge in [-0.25, -0.2) is 8.42 Å². The largest absolute Gasteiger partial charge is 0.368 e. The predicted molar refractivity (Wildman–Crippen MR) is 109 cm³/mol. The number of pyridine rings is 1. The lowest BCUT2D eigenvalue weighted by atomic mass is 10.1. The van der Waals surface area contributed by atoms with E-state index in [4.69, 9.17) is 0 Å². The third kappa shape index (κ3) is 3.82. The Morgan fingerprint density at radius 1 is 0.963 bits per heavy atom. The standard InChI is InChI=1S/C21H23N3O2S/c1-17-7-8-20-19(15-17)21(9-10-22-20)23-11-13-24(14-12-23)27(25,26)16-18-5-3-2-4-6-18/h2-10,15H,11-14,16H2,1H3. The minimum absolute atomic E-state index is 0.0607. The number of hydrogen-bond acceptors (Lipinski definition) is 4. The number of fused-ring (bicyclic) bond motifs is 1. The summed E-state index contributed by atoms with van der Waals surface area (Å²) in [6, 6.07) is 17.6. The zero-order valence-electron chi connectivity index (χ0n) is 15.4. The van der Waals surface area contributed by atoms with E-state index in [2.05, 4.69) is 28.9 Å². The molecule has 2 heterocycles. The number of rotatable bonds is 4. The Hall–Kier alpha value is -2.44. The van der Waals surface area contributed by atoms with Gasteiger partial charge in [-0.3, -0.25) is 4.98 Å². The maximum absolute atomic E-state index is 12.8. The molecule has 0 amide bonds. The fourth-order valence-corrected chi connectivity index (χ4v) is 5.12. The van der Waals surface area contributed by atoms with Crippen molar-refractivity contribution in [1.29, 1.82) is 0 Å². The van der Waals surface area contributed by atoms with Crippen molar-refractivity contribution in [3.05, 3.63) is 71.9 Å². The molecule has 140 valence electrons. The summed E-state index contributed by atoms with van der Waals surface area (Å²) in [6.45, 7) is 4.45.